The van der Waals surface area contributed by atoms with Crippen LogP contribution in [0.4, 0.5) is 0 Å². The summed E-state index contributed by atoms with van der Waals surface area (Å²) in [5, 5.41) is 2.76. The molecule has 72 valence electrons. The average Bonchev–Trinajstić information content (AvgIpc) is 2.61. The molecule has 0 radical (unpaired) electrons. The number of aliphatic imine (C=N–C) groups is 1. The Morgan fingerprint density at radius 1 is 1.36 bits per heavy atom. The van der Waals surface area contributed by atoms with Gasteiger partial charge >= 0.3 is 0 Å². The van der Waals surface area contributed by atoms with E-state index in [0.717, 1.165) is 11.4 Å². The maximum atomic E-state index is 11.2. The zero-order valence-electron chi connectivity index (χ0n) is 8.03. The van der Waals surface area contributed by atoms with Crippen molar-refractivity contribution in [3.05, 3.63) is 35.9 Å². The Morgan fingerprint density at radius 3 is 2.71 bits per heavy atom. The van der Waals surface area contributed by atoms with Crippen LogP contribution < -0.4 is 5.32 Å². The van der Waals surface area contributed by atoms with E-state index in [1.165, 1.54) is 0 Å². The van der Waals surface area contributed by atoms with Crippen molar-refractivity contribution in [3.8, 4) is 0 Å². The molecule has 3 heteroatoms. The fourth-order valence-electron chi connectivity index (χ4n) is 1.74. The zero-order valence-corrected chi connectivity index (χ0v) is 8.03. The Kier molecular flexibility index (Phi) is 2.31. The summed E-state index contributed by atoms with van der Waals surface area (Å²) < 4.78 is 0. The predicted octanol–water partition coefficient (Wildman–Crippen LogP) is 1.32. The van der Waals surface area contributed by atoms with Crippen LogP contribution in [0.1, 0.15) is 17.9 Å². The topological polar surface area (TPSA) is 41.5 Å². The van der Waals surface area contributed by atoms with Crippen LogP contribution in [-0.4, -0.2) is 18.8 Å². The van der Waals surface area contributed by atoms with Gasteiger partial charge in [0.15, 0.2) is 0 Å². The van der Waals surface area contributed by atoms with E-state index in [4.69, 9.17) is 0 Å². The number of amides is 1. The van der Waals surface area contributed by atoms with E-state index in [0.29, 0.717) is 6.42 Å². The first-order chi connectivity index (χ1) is 6.81. The third-order valence-electron chi connectivity index (χ3n) is 2.43. The minimum atomic E-state index is 0.0550. The highest BCUT2D eigenvalue weighted by Crippen LogP contribution is 2.24. The first-order valence-corrected chi connectivity index (χ1v) is 4.62. The second kappa shape index (κ2) is 3.62. The van der Waals surface area contributed by atoms with E-state index in [-0.39, 0.29) is 11.8 Å². The third kappa shape index (κ3) is 1.53. The van der Waals surface area contributed by atoms with Crippen LogP contribution in [0.3, 0.4) is 0 Å². The second-order valence-corrected chi connectivity index (χ2v) is 3.32. The smallest absolute Gasteiger partial charge is 0.226 e. The lowest BCUT2D eigenvalue weighted by Gasteiger charge is -2.08. The summed E-state index contributed by atoms with van der Waals surface area (Å²) in [6.45, 7) is 0. The molecular weight excluding hydrogens is 176 g/mol. The van der Waals surface area contributed by atoms with E-state index in [1.807, 2.05) is 30.3 Å². The summed E-state index contributed by atoms with van der Waals surface area (Å²) in [6.07, 6.45) is 0.511. The van der Waals surface area contributed by atoms with Gasteiger partial charge in [-0.1, -0.05) is 30.3 Å². The lowest BCUT2D eigenvalue weighted by molar-refractivity contribution is -0.118. The summed E-state index contributed by atoms with van der Waals surface area (Å²) in [7, 11) is 1.71. The molecular formula is C11H12N2O. The number of rotatable bonds is 1. The number of amidine groups is 1. The van der Waals surface area contributed by atoms with Gasteiger partial charge in [0.05, 0.1) is 5.92 Å². The molecule has 1 aromatic carbocycles. The Hall–Kier alpha value is -1.64. The Balaban J connectivity index is 2.31. The van der Waals surface area contributed by atoms with Crippen LogP contribution >= 0.6 is 0 Å². The van der Waals surface area contributed by atoms with Crippen molar-refractivity contribution in [2.45, 2.75) is 12.3 Å². The first kappa shape index (κ1) is 8.94. The molecule has 1 saturated heterocycles. The van der Waals surface area contributed by atoms with Crippen LogP contribution in [0, 0.1) is 0 Å². The maximum Gasteiger partial charge on any atom is 0.226 e. The maximum absolute atomic E-state index is 11.2. The monoisotopic (exact) mass is 188 g/mol. The fraction of sp³-hybridized carbons (Fsp3) is 0.273. The van der Waals surface area contributed by atoms with Gasteiger partial charge in [-0.05, 0) is 5.56 Å². The summed E-state index contributed by atoms with van der Waals surface area (Å²) >= 11 is 0. The highest BCUT2D eigenvalue weighted by molar-refractivity contribution is 6.08. The lowest BCUT2D eigenvalue weighted by atomic mass is 9.97. The van der Waals surface area contributed by atoms with E-state index in [1.54, 1.807) is 7.05 Å². The Bertz CT molecular complexity index is 370. The molecule has 0 bridgehead atoms. The quantitative estimate of drug-likeness (QED) is 0.709. The van der Waals surface area contributed by atoms with Gasteiger partial charge in [0.2, 0.25) is 5.91 Å². The minimum Gasteiger partial charge on any atom is -0.314 e. The first-order valence-electron chi connectivity index (χ1n) is 4.62. The molecule has 14 heavy (non-hydrogen) atoms. The standard InChI is InChI=1S/C11H12N2O/c1-12-11-9(7-10(14)13-11)8-5-3-2-4-6-8/h2-6,9H,7H2,1H3,(H,12,13,14). The molecule has 1 aliphatic rings. The molecule has 3 nitrogen and oxygen atoms in total. The van der Waals surface area contributed by atoms with Crippen molar-refractivity contribution in [1.82, 2.24) is 5.32 Å². The van der Waals surface area contributed by atoms with Gasteiger partial charge in [-0.15, -0.1) is 0 Å². The highest BCUT2D eigenvalue weighted by atomic mass is 16.2. The van der Waals surface area contributed by atoms with Crippen molar-refractivity contribution in [2.24, 2.45) is 4.99 Å². The molecule has 0 spiro atoms. The molecule has 1 unspecified atom stereocenters. The summed E-state index contributed by atoms with van der Waals surface area (Å²) in [6, 6.07) is 9.97. The number of carbonyl (C=O) groups excluding carboxylic acids is 1. The van der Waals surface area contributed by atoms with E-state index < -0.39 is 0 Å². The van der Waals surface area contributed by atoms with Crippen LogP contribution in [0.2, 0.25) is 0 Å². The van der Waals surface area contributed by atoms with Gasteiger partial charge in [-0.25, -0.2) is 0 Å². The van der Waals surface area contributed by atoms with Crippen molar-refractivity contribution >= 4 is 11.7 Å². The number of nitrogens with zero attached hydrogens (tertiary/aromatic N) is 1. The molecule has 1 fully saturated rings. The number of hydrogen-bond acceptors (Lipinski definition) is 2. The molecule has 1 aromatic rings. The van der Waals surface area contributed by atoms with Crippen LogP contribution in [0.25, 0.3) is 0 Å². The molecule has 0 aliphatic carbocycles. The lowest BCUT2D eigenvalue weighted by Crippen LogP contribution is -2.21. The van der Waals surface area contributed by atoms with Crippen LogP contribution in [-0.2, 0) is 4.79 Å². The van der Waals surface area contributed by atoms with Gasteiger partial charge < -0.3 is 5.32 Å². The van der Waals surface area contributed by atoms with Gasteiger partial charge in [-0.2, -0.15) is 0 Å². The summed E-state index contributed by atoms with van der Waals surface area (Å²) in [5.74, 6) is 0.953. The SMILES string of the molecule is CN=C1NC(=O)CC1c1ccccc1. The normalized spacial score (nSPS) is 23.9. The van der Waals surface area contributed by atoms with Crippen molar-refractivity contribution < 1.29 is 4.79 Å². The number of benzene rings is 1. The molecule has 1 amide bonds. The average molecular weight is 188 g/mol. The molecule has 1 N–H and O–H groups in total. The number of nitrogens with one attached hydrogen (secondary N) is 1. The molecule has 1 aliphatic heterocycles. The van der Waals surface area contributed by atoms with Gasteiger partial charge in [0.25, 0.3) is 0 Å². The predicted molar refractivity (Wildman–Crippen MR) is 55.3 cm³/mol. The Labute approximate surface area is 82.9 Å². The van der Waals surface area contributed by atoms with Crippen molar-refractivity contribution in [3.63, 3.8) is 0 Å². The minimum absolute atomic E-state index is 0.0550. The molecule has 0 saturated carbocycles. The number of carbonyl (C=O) groups is 1. The zero-order chi connectivity index (χ0) is 9.97. The van der Waals surface area contributed by atoms with Gasteiger partial charge in [0, 0.05) is 13.5 Å². The Morgan fingerprint density at radius 2 is 2.07 bits per heavy atom. The van der Waals surface area contributed by atoms with E-state index in [2.05, 4.69) is 10.3 Å². The van der Waals surface area contributed by atoms with E-state index >= 15 is 0 Å². The molecule has 1 atom stereocenters. The summed E-state index contributed by atoms with van der Waals surface area (Å²) in [5.41, 5.74) is 1.14. The largest absolute Gasteiger partial charge is 0.314 e. The molecule has 0 aromatic heterocycles. The van der Waals surface area contributed by atoms with Gasteiger partial charge in [-0.3, -0.25) is 9.79 Å². The van der Waals surface area contributed by atoms with Crippen molar-refractivity contribution in [2.75, 3.05) is 7.05 Å². The highest BCUT2D eigenvalue weighted by Gasteiger charge is 2.28. The fourth-order valence-corrected chi connectivity index (χ4v) is 1.74. The van der Waals surface area contributed by atoms with Gasteiger partial charge in [0.1, 0.15) is 5.84 Å². The number of hydrogen-bond donors (Lipinski definition) is 1. The van der Waals surface area contributed by atoms with Crippen LogP contribution in [0.15, 0.2) is 35.3 Å². The molecule has 2 rings (SSSR count). The van der Waals surface area contributed by atoms with E-state index in [9.17, 15) is 4.79 Å². The third-order valence-corrected chi connectivity index (χ3v) is 2.43. The van der Waals surface area contributed by atoms with Crippen molar-refractivity contribution in [1.29, 1.82) is 0 Å². The summed E-state index contributed by atoms with van der Waals surface area (Å²) in [4.78, 5) is 15.3. The second-order valence-electron chi connectivity index (χ2n) is 3.32. The molecule has 1 heterocycles. The van der Waals surface area contributed by atoms with Crippen LogP contribution in [0.5, 0.6) is 0 Å².